The van der Waals surface area contributed by atoms with Gasteiger partial charge in [0, 0.05) is 24.3 Å². The van der Waals surface area contributed by atoms with Crippen LogP contribution in [0.2, 0.25) is 0 Å². The number of nitrogens with one attached hydrogen (secondary N) is 1. The summed E-state index contributed by atoms with van der Waals surface area (Å²) in [5, 5.41) is 3.26. The lowest BCUT2D eigenvalue weighted by molar-refractivity contribution is 0.476. The van der Waals surface area contributed by atoms with Crippen LogP contribution in [0.5, 0.6) is 0 Å². The van der Waals surface area contributed by atoms with E-state index in [1.165, 1.54) is 5.56 Å². The molecule has 0 radical (unpaired) electrons. The second-order valence-corrected chi connectivity index (χ2v) is 7.88. The summed E-state index contributed by atoms with van der Waals surface area (Å²) in [6.45, 7) is 7.52. The molecule has 0 aliphatic rings. The quantitative estimate of drug-likeness (QED) is 0.745. The van der Waals surface area contributed by atoms with E-state index in [0.717, 1.165) is 6.54 Å². The second-order valence-electron chi connectivity index (χ2n) is 5.58. The van der Waals surface area contributed by atoms with Crippen molar-refractivity contribution in [3.63, 3.8) is 0 Å². The first-order valence-electron chi connectivity index (χ1n) is 6.84. The molecule has 0 aliphatic carbocycles. The third kappa shape index (κ3) is 5.74. The molecule has 3 nitrogen and oxygen atoms in total. The number of sulfone groups is 1. The maximum Gasteiger partial charge on any atom is 0.151 e. The SMILES string of the molecule is CCCS(=O)(=O)CCNCC(C)(C)c1ccccc1. The molecular weight excluding hydrogens is 258 g/mol. The van der Waals surface area contributed by atoms with Crippen LogP contribution in [0, 0.1) is 0 Å². The molecule has 0 bridgehead atoms. The van der Waals surface area contributed by atoms with Crippen molar-refractivity contribution < 1.29 is 8.42 Å². The Bertz CT molecular complexity index is 466. The van der Waals surface area contributed by atoms with E-state index in [1.807, 2.05) is 25.1 Å². The third-order valence-corrected chi connectivity index (χ3v) is 5.08. The van der Waals surface area contributed by atoms with Crippen molar-refractivity contribution in [3.05, 3.63) is 35.9 Å². The van der Waals surface area contributed by atoms with Crippen LogP contribution in [0.25, 0.3) is 0 Å². The summed E-state index contributed by atoms with van der Waals surface area (Å²) in [5.74, 6) is 0.516. The largest absolute Gasteiger partial charge is 0.315 e. The van der Waals surface area contributed by atoms with Gasteiger partial charge in [-0.3, -0.25) is 0 Å². The fraction of sp³-hybridized carbons (Fsp3) is 0.600. The topological polar surface area (TPSA) is 46.2 Å². The Morgan fingerprint density at radius 3 is 2.32 bits per heavy atom. The summed E-state index contributed by atoms with van der Waals surface area (Å²) in [5.41, 5.74) is 1.27. The van der Waals surface area contributed by atoms with E-state index in [4.69, 9.17) is 0 Å². The maximum atomic E-state index is 11.6. The fourth-order valence-corrected chi connectivity index (χ4v) is 3.31. The van der Waals surface area contributed by atoms with Crippen LogP contribution < -0.4 is 5.32 Å². The Morgan fingerprint density at radius 2 is 1.74 bits per heavy atom. The molecular formula is C15H25NO2S. The Kier molecular flexibility index (Phi) is 6.01. The van der Waals surface area contributed by atoms with E-state index in [1.54, 1.807) is 0 Å². The Hall–Kier alpha value is -0.870. The molecule has 108 valence electrons. The lowest BCUT2D eigenvalue weighted by Gasteiger charge is -2.25. The van der Waals surface area contributed by atoms with Gasteiger partial charge in [-0.1, -0.05) is 51.1 Å². The molecule has 4 heteroatoms. The minimum Gasteiger partial charge on any atom is -0.315 e. The Balaban J connectivity index is 2.41. The summed E-state index contributed by atoms with van der Waals surface area (Å²) in [6, 6.07) is 10.3. The van der Waals surface area contributed by atoms with Gasteiger partial charge in [-0.05, 0) is 12.0 Å². The van der Waals surface area contributed by atoms with E-state index in [-0.39, 0.29) is 16.9 Å². The number of rotatable bonds is 8. The van der Waals surface area contributed by atoms with Gasteiger partial charge in [-0.25, -0.2) is 8.42 Å². The monoisotopic (exact) mass is 283 g/mol. The highest BCUT2D eigenvalue weighted by molar-refractivity contribution is 7.91. The number of hydrogen-bond donors (Lipinski definition) is 1. The van der Waals surface area contributed by atoms with E-state index < -0.39 is 9.84 Å². The fourth-order valence-electron chi connectivity index (χ4n) is 2.03. The summed E-state index contributed by atoms with van der Waals surface area (Å²) in [4.78, 5) is 0. The normalized spacial score (nSPS) is 12.6. The molecule has 0 saturated carbocycles. The molecule has 1 aromatic carbocycles. The molecule has 1 aromatic rings. The van der Waals surface area contributed by atoms with E-state index in [9.17, 15) is 8.42 Å². The molecule has 0 fully saturated rings. The van der Waals surface area contributed by atoms with Gasteiger partial charge in [0.05, 0.1) is 5.75 Å². The molecule has 1 N–H and O–H groups in total. The zero-order chi connectivity index (χ0) is 14.4. The Morgan fingerprint density at radius 1 is 1.11 bits per heavy atom. The number of hydrogen-bond acceptors (Lipinski definition) is 3. The highest BCUT2D eigenvalue weighted by Gasteiger charge is 2.19. The lowest BCUT2D eigenvalue weighted by Crippen LogP contribution is -2.35. The van der Waals surface area contributed by atoms with Crippen molar-refractivity contribution in [3.8, 4) is 0 Å². The third-order valence-electron chi connectivity index (χ3n) is 3.23. The van der Waals surface area contributed by atoms with Crippen molar-refractivity contribution in [1.82, 2.24) is 5.32 Å². The van der Waals surface area contributed by atoms with Gasteiger partial charge in [-0.15, -0.1) is 0 Å². The van der Waals surface area contributed by atoms with Crippen LogP contribution in [-0.2, 0) is 15.3 Å². The number of benzene rings is 1. The highest BCUT2D eigenvalue weighted by atomic mass is 32.2. The molecule has 19 heavy (non-hydrogen) atoms. The average Bonchev–Trinajstić information content (AvgIpc) is 2.36. The molecule has 0 unspecified atom stereocenters. The van der Waals surface area contributed by atoms with Crippen molar-refractivity contribution in [2.24, 2.45) is 0 Å². The summed E-state index contributed by atoms with van der Waals surface area (Å²) < 4.78 is 23.2. The zero-order valence-corrected chi connectivity index (χ0v) is 13.0. The van der Waals surface area contributed by atoms with E-state index in [0.29, 0.717) is 13.0 Å². The van der Waals surface area contributed by atoms with Gasteiger partial charge >= 0.3 is 0 Å². The molecule has 0 spiro atoms. The predicted octanol–water partition coefficient (Wildman–Crippen LogP) is 2.38. The van der Waals surface area contributed by atoms with Crippen LogP contribution >= 0.6 is 0 Å². The van der Waals surface area contributed by atoms with Crippen molar-refractivity contribution in [1.29, 1.82) is 0 Å². The second kappa shape index (κ2) is 7.06. The van der Waals surface area contributed by atoms with E-state index >= 15 is 0 Å². The molecule has 0 saturated heterocycles. The molecule has 0 atom stereocenters. The molecule has 0 aromatic heterocycles. The highest BCUT2D eigenvalue weighted by Crippen LogP contribution is 2.21. The van der Waals surface area contributed by atoms with Crippen LogP contribution in [0.15, 0.2) is 30.3 Å². The average molecular weight is 283 g/mol. The van der Waals surface area contributed by atoms with Crippen LogP contribution in [0.4, 0.5) is 0 Å². The standard InChI is InChI=1S/C15H25NO2S/c1-4-11-19(17,18)12-10-16-13-15(2,3)14-8-6-5-7-9-14/h5-9,16H,4,10-13H2,1-3H3. The molecule has 0 aliphatic heterocycles. The smallest absolute Gasteiger partial charge is 0.151 e. The van der Waals surface area contributed by atoms with Gasteiger partial charge < -0.3 is 5.32 Å². The van der Waals surface area contributed by atoms with Gasteiger partial charge in [0.25, 0.3) is 0 Å². The zero-order valence-electron chi connectivity index (χ0n) is 12.1. The minimum absolute atomic E-state index is 0.00970. The summed E-state index contributed by atoms with van der Waals surface area (Å²) in [6.07, 6.45) is 0.692. The van der Waals surface area contributed by atoms with Crippen molar-refractivity contribution in [2.75, 3.05) is 24.6 Å². The minimum atomic E-state index is -2.88. The van der Waals surface area contributed by atoms with Crippen LogP contribution in [0.3, 0.4) is 0 Å². The van der Waals surface area contributed by atoms with Crippen molar-refractivity contribution in [2.45, 2.75) is 32.6 Å². The van der Waals surface area contributed by atoms with Gasteiger partial charge in [-0.2, -0.15) is 0 Å². The van der Waals surface area contributed by atoms with Gasteiger partial charge in [0.2, 0.25) is 0 Å². The first kappa shape index (κ1) is 16.2. The Labute approximate surface area is 117 Å². The molecule has 0 amide bonds. The first-order valence-corrected chi connectivity index (χ1v) is 8.66. The summed E-state index contributed by atoms with van der Waals surface area (Å²) >= 11 is 0. The van der Waals surface area contributed by atoms with E-state index in [2.05, 4.69) is 31.3 Å². The summed E-state index contributed by atoms with van der Waals surface area (Å²) in [7, 11) is -2.88. The predicted molar refractivity (Wildman–Crippen MR) is 81.3 cm³/mol. The first-order chi connectivity index (χ1) is 8.87. The van der Waals surface area contributed by atoms with Crippen LogP contribution in [0.1, 0.15) is 32.8 Å². The molecule has 1 rings (SSSR count). The maximum absolute atomic E-state index is 11.6. The van der Waals surface area contributed by atoms with Crippen LogP contribution in [-0.4, -0.2) is 33.0 Å². The lowest BCUT2D eigenvalue weighted by atomic mass is 9.85. The molecule has 0 heterocycles. The van der Waals surface area contributed by atoms with Crippen molar-refractivity contribution >= 4 is 9.84 Å². The van der Waals surface area contributed by atoms with Gasteiger partial charge in [0.15, 0.2) is 9.84 Å². The van der Waals surface area contributed by atoms with Gasteiger partial charge in [0.1, 0.15) is 0 Å².